The van der Waals surface area contributed by atoms with Crippen molar-refractivity contribution < 1.29 is 19.1 Å². The van der Waals surface area contributed by atoms with E-state index in [4.69, 9.17) is 10.5 Å². The molecular formula is C13H18N2O4. The minimum atomic E-state index is -0.543. The minimum Gasteiger partial charge on any atom is -0.482 e. The summed E-state index contributed by atoms with van der Waals surface area (Å²) in [5, 5.41) is 2.69. The Morgan fingerprint density at radius 1 is 1.42 bits per heavy atom. The Morgan fingerprint density at radius 3 is 2.79 bits per heavy atom. The van der Waals surface area contributed by atoms with Crippen molar-refractivity contribution >= 4 is 11.9 Å². The molecule has 1 aromatic carbocycles. The van der Waals surface area contributed by atoms with Crippen LogP contribution >= 0.6 is 0 Å². The maximum absolute atomic E-state index is 11.3. The monoisotopic (exact) mass is 266 g/mol. The van der Waals surface area contributed by atoms with E-state index in [0.717, 1.165) is 5.56 Å². The lowest BCUT2D eigenvalue weighted by atomic mass is 10.2. The van der Waals surface area contributed by atoms with E-state index in [1.54, 1.807) is 25.1 Å². The van der Waals surface area contributed by atoms with Crippen LogP contribution in [0.15, 0.2) is 24.3 Å². The van der Waals surface area contributed by atoms with Crippen LogP contribution in [0.5, 0.6) is 5.75 Å². The molecule has 0 spiro atoms. The smallest absolute Gasteiger partial charge is 0.343 e. The van der Waals surface area contributed by atoms with Crippen LogP contribution in [0.2, 0.25) is 0 Å². The van der Waals surface area contributed by atoms with Crippen LogP contribution in [0.1, 0.15) is 12.5 Å². The van der Waals surface area contributed by atoms with Gasteiger partial charge in [0.05, 0.1) is 13.2 Å². The van der Waals surface area contributed by atoms with Gasteiger partial charge < -0.3 is 20.5 Å². The molecule has 1 aromatic rings. The zero-order valence-corrected chi connectivity index (χ0v) is 11.0. The number of benzene rings is 1. The highest BCUT2D eigenvalue weighted by Gasteiger charge is 2.07. The molecule has 19 heavy (non-hydrogen) atoms. The van der Waals surface area contributed by atoms with Crippen LogP contribution in [0.3, 0.4) is 0 Å². The Bertz CT molecular complexity index is 446. The predicted molar refractivity (Wildman–Crippen MR) is 69.4 cm³/mol. The van der Waals surface area contributed by atoms with Crippen LogP contribution in [-0.4, -0.2) is 31.6 Å². The van der Waals surface area contributed by atoms with E-state index < -0.39 is 12.0 Å². The highest BCUT2D eigenvalue weighted by Crippen LogP contribution is 2.13. The Labute approximate surface area is 111 Å². The van der Waals surface area contributed by atoms with E-state index >= 15 is 0 Å². The molecule has 104 valence electrons. The molecule has 1 amide bonds. The fourth-order valence-electron chi connectivity index (χ4n) is 1.30. The number of esters is 1. The molecule has 0 aliphatic heterocycles. The SMILES string of the molecule is COC(=O)COc1cccc(CNC(=O)[C@@H](C)N)c1. The lowest BCUT2D eigenvalue weighted by Crippen LogP contribution is -2.37. The number of rotatable bonds is 6. The molecule has 0 aromatic heterocycles. The van der Waals surface area contributed by atoms with Gasteiger partial charge in [0.25, 0.3) is 0 Å². The molecule has 3 N–H and O–H groups in total. The summed E-state index contributed by atoms with van der Waals surface area (Å²) in [4.78, 5) is 22.3. The Morgan fingerprint density at radius 2 is 2.16 bits per heavy atom. The van der Waals surface area contributed by atoms with Gasteiger partial charge in [-0.1, -0.05) is 12.1 Å². The quantitative estimate of drug-likeness (QED) is 0.718. The van der Waals surface area contributed by atoms with Gasteiger partial charge in [-0.05, 0) is 24.6 Å². The highest BCUT2D eigenvalue weighted by atomic mass is 16.6. The predicted octanol–water partition coefficient (Wildman–Crippen LogP) is 0.202. The van der Waals surface area contributed by atoms with Gasteiger partial charge in [-0.3, -0.25) is 4.79 Å². The fourth-order valence-corrected chi connectivity index (χ4v) is 1.30. The van der Waals surface area contributed by atoms with Crippen LogP contribution < -0.4 is 15.8 Å². The number of amides is 1. The number of methoxy groups -OCH3 is 1. The summed E-state index contributed by atoms with van der Waals surface area (Å²) in [5.41, 5.74) is 6.30. The maximum atomic E-state index is 11.3. The van der Waals surface area contributed by atoms with E-state index in [1.165, 1.54) is 7.11 Å². The third-order valence-corrected chi connectivity index (χ3v) is 2.36. The second-order valence-corrected chi connectivity index (χ2v) is 4.02. The Balaban J connectivity index is 2.52. The van der Waals surface area contributed by atoms with E-state index in [-0.39, 0.29) is 12.5 Å². The topological polar surface area (TPSA) is 90.6 Å². The Kier molecular flexibility index (Phi) is 5.81. The molecule has 0 radical (unpaired) electrons. The average molecular weight is 266 g/mol. The molecule has 0 unspecified atom stereocenters. The van der Waals surface area contributed by atoms with E-state index in [0.29, 0.717) is 12.3 Å². The largest absolute Gasteiger partial charge is 0.482 e. The van der Waals surface area contributed by atoms with Crippen molar-refractivity contribution in [3.63, 3.8) is 0 Å². The van der Waals surface area contributed by atoms with Crippen LogP contribution in [-0.2, 0) is 20.9 Å². The molecular weight excluding hydrogens is 248 g/mol. The number of nitrogens with two attached hydrogens (primary N) is 1. The van der Waals surface area contributed by atoms with Gasteiger partial charge in [0.1, 0.15) is 5.75 Å². The van der Waals surface area contributed by atoms with Gasteiger partial charge in [0, 0.05) is 6.54 Å². The number of nitrogens with one attached hydrogen (secondary N) is 1. The third kappa shape index (κ3) is 5.39. The molecule has 0 aliphatic carbocycles. The molecule has 0 bridgehead atoms. The van der Waals surface area contributed by atoms with Crippen molar-refractivity contribution in [2.24, 2.45) is 5.73 Å². The molecule has 0 heterocycles. The van der Waals surface area contributed by atoms with Gasteiger partial charge in [-0.2, -0.15) is 0 Å². The van der Waals surface area contributed by atoms with Crippen molar-refractivity contribution in [2.45, 2.75) is 19.5 Å². The third-order valence-electron chi connectivity index (χ3n) is 2.36. The number of ether oxygens (including phenoxy) is 2. The first-order valence-corrected chi connectivity index (χ1v) is 5.84. The highest BCUT2D eigenvalue weighted by molar-refractivity contribution is 5.80. The second kappa shape index (κ2) is 7.38. The van der Waals surface area contributed by atoms with E-state index in [2.05, 4.69) is 10.1 Å². The average Bonchev–Trinajstić information content (AvgIpc) is 2.42. The summed E-state index contributed by atoms with van der Waals surface area (Å²) < 4.78 is 9.71. The molecule has 1 atom stereocenters. The molecule has 6 nitrogen and oxygen atoms in total. The maximum Gasteiger partial charge on any atom is 0.343 e. The summed E-state index contributed by atoms with van der Waals surface area (Å²) in [5.74, 6) is -0.130. The van der Waals surface area contributed by atoms with Crippen molar-refractivity contribution in [1.29, 1.82) is 0 Å². The van der Waals surface area contributed by atoms with E-state index in [1.807, 2.05) is 6.07 Å². The van der Waals surface area contributed by atoms with Crippen LogP contribution in [0, 0.1) is 0 Å². The van der Waals surface area contributed by atoms with Crippen LogP contribution in [0.25, 0.3) is 0 Å². The first-order chi connectivity index (χ1) is 9.02. The number of hydrogen-bond donors (Lipinski definition) is 2. The van der Waals surface area contributed by atoms with Crippen molar-refractivity contribution in [1.82, 2.24) is 5.32 Å². The molecule has 0 saturated carbocycles. The van der Waals surface area contributed by atoms with Gasteiger partial charge in [-0.15, -0.1) is 0 Å². The lowest BCUT2D eigenvalue weighted by molar-refractivity contribution is -0.142. The number of carbonyl (C=O) groups excluding carboxylic acids is 2. The lowest BCUT2D eigenvalue weighted by Gasteiger charge is -2.09. The zero-order valence-electron chi connectivity index (χ0n) is 11.0. The van der Waals surface area contributed by atoms with Crippen molar-refractivity contribution in [2.75, 3.05) is 13.7 Å². The minimum absolute atomic E-state index is 0.147. The molecule has 0 fully saturated rings. The molecule has 0 aliphatic rings. The summed E-state index contributed by atoms with van der Waals surface area (Å²) in [6, 6.07) is 6.54. The second-order valence-electron chi connectivity index (χ2n) is 4.02. The zero-order chi connectivity index (χ0) is 14.3. The van der Waals surface area contributed by atoms with Crippen molar-refractivity contribution in [3.8, 4) is 5.75 Å². The number of carbonyl (C=O) groups is 2. The van der Waals surface area contributed by atoms with Gasteiger partial charge in [-0.25, -0.2) is 4.79 Å². The standard InChI is InChI=1S/C13H18N2O4/c1-9(14)13(17)15-7-10-4-3-5-11(6-10)19-8-12(16)18-2/h3-6,9H,7-8,14H2,1-2H3,(H,15,17)/t9-/m1/s1. The fraction of sp³-hybridized carbons (Fsp3) is 0.385. The summed E-state index contributed by atoms with van der Waals surface area (Å²) in [6.07, 6.45) is 0. The summed E-state index contributed by atoms with van der Waals surface area (Å²) >= 11 is 0. The normalized spacial score (nSPS) is 11.5. The number of hydrogen-bond acceptors (Lipinski definition) is 5. The van der Waals surface area contributed by atoms with Crippen LogP contribution in [0.4, 0.5) is 0 Å². The summed E-state index contributed by atoms with van der Waals surface area (Å²) in [6.45, 7) is 1.83. The summed E-state index contributed by atoms with van der Waals surface area (Å²) in [7, 11) is 1.30. The van der Waals surface area contributed by atoms with Crippen molar-refractivity contribution in [3.05, 3.63) is 29.8 Å². The molecule has 1 rings (SSSR count). The molecule has 0 saturated heterocycles. The van der Waals surface area contributed by atoms with Gasteiger partial charge in [0.15, 0.2) is 6.61 Å². The van der Waals surface area contributed by atoms with Gasteiger partial charge in [0.2, 0.25) is 5.91 Å². The first-order valence-electron chi connectivity index (χ1n) is 5.84. The van der Waals surface area contributed by atoms with Gasteiger partial charge >= 0.3 is 5.97 Å². The first kappa shape index (κ1) is 15.0. The molecule has 6 heteroatoms. The Hall–Kier alpha value is -2.08. The van der Waals surface area contributed by atoms with E-state index in [9.17, 15) is 9.59 Å².